The number of fused-ring (bicyclic) bond motifs is 3. The zero-order valence-electron chi connectivity index (χ0n) is 13.1. The van der Waals surface area contributed by atoms with Gasteiger partial charge in [0, 0.05) is 22.3 Å². The van der Waals surface area contributed by atoms with Gasteiger partial charge in [-0.05, 0) is 35.4 Å². The molecule has 0 radical (unpaired) electrons. The monoisotopic (exact) mass is 302 g/mol. The van der Waals surface area contributed by atoms with E-state index in [0.29, 0.717) is 0 Å². The Kier molecular flexibility index (Phi) is 3.73. The Morgan fingerprint density at radius 1 is 0.375 bits per heavy atom. The summed E-state index contributed by atoms with van der Waals surface area (Å²) in [7, 11) is 0. The minimum absolute atomic E-state index is 0.960. The molecule has 1 aliphatic carbocycles. The van der Waals surface area contributed by atoms with Crippen molar-refractivity contribution in [2.75, 3.05) is 0 Å². The quantitative estimate of drug-likeness (QED) is 0.402. The molecule has 0 spiro atoms. The van der Waals surface area contributed by atoms with E-state index in [-0.39, 0.29) is 0 Å². The van der Waals surface area contributed by atoms with Crippen molar-refractivity contribution in [3.05, 3.63) is 106 Å². The van der Waals surface area contributed by atoms with Crippen LogP contribution in [0.2, 0.25) is 0 Å². The maximum Gasteiger partial charge on any atom is 0.0405 e. The van der Waals surface area contributed by atoms with Crippen LogP contribution in [0.1, 0.15) is 33.4 Å². The lowest BCUT2D eigenvalue weighted by molar-refractivity contribution is 1.55. The van der Waals surface area contributed by atoms with E-state index in [9.17, 15) is 0 Å². The van der Waals surface area contributed by atoms with Crippen LogP contribution < -0.4 is 0 Å². The summed E-state index contributed by atoms with van der Waals surface area (Å²) >= 11 is 0. The van der Waals surface area contributed by atoms with Crippen molar-refractivity contribution in [1.82, 2.24) is 0 Å². The lowest BCUT2D eigenvalue weighted by Crippen LogP contribution is -1.87. The van der Waals surface area contributed by atoms with Gasteiger partial charge in [-0.2, -0.15) is 0 Å². The van der Waals surface area contributed by atoms with Gasteiger partial charge in [-0.3, -0.25) is 0 Å². The second kappa shape index (κ2) is 6.33. The van der Waals surface area contributed by atoms with Crippen molar-refractivity contribution in [2.45, 2.75) is 0 Å². The van der Waals surface area contributed by atoms with Crippen LogP contribution >= 0.6 is 0 Å². The molecular formula is C24H14. The minimum atomic E-state index is 0.960. The van der Waals surface area contributed by atoms with Crippen LogP contribution in [0.5, 0.6) is 0 Å². The zero-order chi connectivity index (χ0) is 16.2. The molecule has 0 saturated heterocycles. The van der Waals surface area contributed by atoms with Gasteiger partial charge in [0.05, 0.1) is 0 Å². The number of rotatable bonds is 0. The summed E-state index contributed by atoms with van der Waals surface area (Å²) in [5.41, 5.74) is 6.20. The van der Waals surface area contributed by atoms with Gasteiger partial charge in [0.25, 0.3) is 0 Å². The van der Waals surface area contributed by atoms with E-state index in [1.807, 2.05) is 48.5 Å². The molecule has 110 valence electrons. The van der Waals surface area contributed by atoms with Crippen LogP contribution in [-0.4, -0.2) is 0 Å². The Morgan fingerprint density at radius 3 is 1.17 bits per heavy atom. The summed E-state index contributed by atoms with van der Waals surface area (Å²) in [6.07, 6.45) is 4.22. The third kappa shape index (κ3) is 2.87. The molecule has 0 aromatic heterocycles. The Bertz CT molecular complexity index is 973. The van der Waals surface area contributed by atoms with Crippen LogP contribution in [0.4, 0.5) is 0 Å². The topological polar surface area (TPSA) is 0 Å². The summed E-state index contributed by atoms with van der Waals surface area (Å²) < 4.78 is 0. The fourth-order valence-electron chi connectivity index (χ4n) is 2.66. The SMILES string of the molecule is C1#Cc2ccccc2/C=C\c2ccccc2C#Cc2ccccc21. The second-order valence-electron chi connectivity index (χ2n) is 5.55. The molecule has 1 aliphatic rings. The lowest BCUT2D eigenvalue weighted by atomic mass is 10.0. The van der Waals surface area contributed by atoms with Crippen LogP contribution in [0.15, 0.2) is 72.8 Å². The summed E-state index contributed by atoms with van der Waals surface area (Å²) in [5, 5.41) is 0. The fraction of sp³-hybridized carbons (Fsp3) is 0. The zero-order valence-corrected chi connectivity index (χ0v) is 13.1. The number of hydrogen-bond donors (Lipinski definition) is 0. The first-order chi connectivity index (χ1) is 11.9. The van der Waals surface area contributed by atoms with Gasteiger partial charge in [-0.25, -0.2) is 0 Å². The maximum absolute atomic E-state index is 3.29. The second-order valence-corrected chi connectivity index (χ2v) is 5.55. The minimum Gasteiger partial charge on any atom is -0.0616 e. The van der Waals surface area contributed by atoms with Gasteiger partial charge in [0.2, 0.25) is 0 Å². The first-order valence-corrected chi connectivity index (χ1v) is 7.89. The van der Waals surface area contributed by atoms with Gasteiger partial charge >= 0.3 is 0 Å². The van der Waals surface area contributed by atoms with Crippen molar-refractivity contribution in [1.29, 1.82) is 0 Å². The van der Waals surface area contributed by atoms with Crippen molar-refractivity contribution in [2.24, 2.45) is 0 Å². The molecule has 0 fully saturated rings. The Hall–Kier alpha value is -3.48. The van der Waals surface area contributed by atoms with Gasteiger partial charge in [0.15, 0.2) is 0 Å². The van der Waals surface area contributed by atoms with Gasteiger partial charge in [0.1, 0.15) is 0 Å². The van der Waals surface area contributed by atoms with Crippen LogP contribution in [0.25, 0.3) is 12.2 Å². The normalized spacial score (nSPS) is 12.5. The summed E-state index contributed by atoms with van der Waals surface area (Å²) in [5.74, 6) is 13.1. The molecule has 24 heavy (non-hydrogen) atoms. The molecular weight excluding hydrogens is 288 g/mol. The molecule has 4 rings (SSSR count). The van der Waals surface area contributed by atoms with E-state index in [4.69, 9.17) is 0 Å². The third-order valence-electron chi connectivity index (χ3n) is 3.95. The average molecular weight is 302 g/mol. The predicted molar refractivity (Wildman–Crippen MR) is 100 cm³/mol. The van der Waals surface area contributed by atoms with Crippen molar-refractivity contribution in [3.63, 3.8) is 0 Å². The maximum atomic E-state index is 3.29. The highest BCUT2D eigenvalue weighted by Gasteiger charge is 2.01. The fourth-order valence-corrected chi connectivity index (χ4v) is 2.66. The molecule has 0 bridgehead atoms. The van der Waals surface area contributed by atoms with Gasteiger partial charge in [-0.15, -0.1) is 0 Å². The first-order valence-electron chi connectivity index (χ1n) is 7.89. The third-order valence-corrected chi connectivity index (χ3v) is 3.95. The Balaban J connectivity index is 2.00. The van der Waals surface area contributed by atoms with Crippen LogP contribution in [-0.2, 0) is 0 Å². The molecule has 0 heteroatoms. The largest absolute Gasteiger partial charge is 0.0616 e. The van der Waals surface area contributed by atoms with Gasteiger partial charge in [-0.1, -0.05) is 84.4 Å². The number of benzene rings is 3. The smallest absolute Gasteiger partial charge is 0.0405 e. The molecule has 0 N–H and O–H groups in total. The van der Waals surface area contributed by atoms with E-state index in [1.54, 1.807) is 0 Å². The first kappa shape index (κ1) is 14.1. The Labute approximate surface area is 142 Å². The molecule has 3 aromatic carbocycles. The number of hydrogen-bond acceptors (Lipinski definition) is 0. The predicted octanol–water partition coefficient (Wildman–Crippen LogP) is 4.97. The highest BCUT2D eigenvalue weighted by Crippen LogP contribution is 2.17. The van der Waals surface area contributed by atoms with Crippen molar-refractivity contribution >= 4 is 12.2 Å². The molecule has 3 aromatic rings. The Morgan fingerprint density at radius 2 is 0.708 bits per heavy atom. The van der Waals surface area contributed by atoms with Gasteiger partial charge < -0.3 is 0 Å². The van der Waals surface area contributed by atoms with E-state index in [0.717, 1.165) is 33.4 Å². The van der Waals surface area contributed by atoms with E-state index in [1.165, 1.54) is 0 Å². The highest BCUT2D eigenvalue weighted by molar-refractivity contribution is 5.76. The van der Waals surface area contributed by atoms with Crippen LogP contribution in [0.3, 0.4) is 0 Å². The molecule has 0 amide bonds. The standard InChI is InChI=1S/C24H14/c1-2-8-20-15-16-22-10-5-6-12-24(22)18-17-23-11-4-3-9-21(23)14-13-19(20)7-1/h1-14H/b14-13-,19-13?,21-14?. The molecule has 0 saturated carbocycles. The van der Waals surface area contributed by atoms with Crippen molar-refractivity contribution in [3.8, 4) is 23.7 Å². The molecule has 0 aliphatic heterocycles. The summed E-state index contributed by atoms with van der Waals surface area (Å²) in [6.45, 7) is 0. The van der Waals surface area contributed by atoms with E-state index in [2.05, 4.69) is 60.1 Å². The van der Waals surface area contributed by atoms with Crippen LogP contribution in [0, 0.1) is 23.7 Å². The summed E-state index contributed by atoms with van der Waals surface area (Å²) in [4.78, 5) is 0. The van der Waals surface area contributed by atoms with E-state index >= 15 is 0 Å². The summed E-state index contributed by atoms with van der Waals surface area (Å²) in [6, 6.07) is 24.4. The lowest BCUT2D eigenvalue weighted by Gasteiger charge is -2.02. The highest BCUT2D eigenvalue weighted by atomic mass is 14.0. The average Bonchev–Trinajstić information content (AvgIpc) is 2.64. The van der Waals surface area contributed by atoms with E-state index < -0.39 is 0 Å². The molecule has 0 unspecified atom stereocenters. The molecule has 0 heterocycles. The van der Waals surface area contributed by atoms with Crippen molar-refractivity contribution < 1.29 is 0 Å². The molecule has 0 nitrogen and oxygen atoms in total. The molecule has 0 atom stereocenters.